The van der Waals surface area contributed by atoms with E-state index in [4.69, 9.17) is 14.2 Å². The van der Waals surface area contributed by atoms with E-state index in [1.165, 1.54) is 5.19 Å². The fourth-order valence-electron chi connectivity index (χ4n) is 9.76. The number of amides is 2. The average Bonchev–Trinajstić information content (AvgIpc) is 4.07. The van der Waals surface area contributed by atoms with Gasteiger partial charge in [0.1, 0.15) is 11.5 Å². The molecule has 3 aliphatic heterocycles. The first-order chi connectivity index (χ1) is 28.6. The molecule has 13 heteroatoms. The normalized spacial score (nSPS) is 23.1. The second kappa shape index (κ2) is 16.7. The number of hydrogen-bond donors (Lipinski definition) is 3. The molecule has 2 saturated heterocycles. The molecule has 59 heavy (non-hydrogen) atoms. The van der Waals surface area contributed by atoms with Crippen LogP contribution in [0.5, 0.6) is 11.5 Å². The maximum Gasteiger partial charge on any atom is 0.264 e. The van der Waals surface area contributed by atoms with Crippen molar-refractivity contribution in [3.05, 3.63) is 126 Å². The monoisotopic (exact) mass is 814 g/mol. The Morgan fingerprint density at radius 3 is 2.42 bits per heavy atom. The smallest absolute Gasteiger partial charge is 0.264 e. The predicted molar refractivity (Wildman–Crippen MR) is 230 cm³/mol. The van der Waals surface area contributed by atoms with Gasteiger partial charge in [-0.25, -0.2) is 0 Å². The van der Waals surface area contributed by atoms with E-state index < -0.39 is 13.7 Å². The van der Waals surface area contributed by atoms with Crippen molar-refractivity contribution in [2.24, 2.45) is 5.92 Å². The van der Waals surface area contributed by atoms with Gasteiger partial charge in [-0.2, -0.15) is 0 Å². The number of nitrogens with zero attached hydrogens (tertiary/aromatic N) is 4. The fraction of sp³-hybridized carbons (Fsp3) is 0.391. The molecule has 0 saturated carbocycles. The minimum Gasteiger partial charge on any atom is -0.497 e. The van der Waals surface area contributed by atoms with E-state index in [2.05, 4.69) is 53.1 Å². The van der Waals surface area contributed by atoms with Gasteiger partial charge in [0.15, 0.2) is 5.60 Å². The number of methoxy groups -OCH3 is 2. The highest BCUT2D eigenvalue weighted by atomic mass is 28.3. The van der Waals surface area contributed by atoms with Gasteiger partial charge in [-0.05, 0) is 84.9 Å². The largest absolute Gasteiger partial charge is 0.497 e. The van der Waals surface area contributed by atoms with Crippen LogP contribution in [0.1, 0.15) is 54.5 Å². The maximum absolute atomic E-state index is 15.4. The van der Waals surface area contributed by atoms with Crippen LogP contribution in [0.25, 0.3) is 0 Å². The zero-order chi connectivity index (χ0) is 41.3. The van der Waals surface area contributed by atoms with Gasteiger partial charge in [0.2, 0.25) is 5.91 Å². The number of hydrogen-bond acceptors (Lipinski definition) is 9. The lowest BCUT2D eigenvalue weighted by Gasteiger charge is -2.37. The van der Waals surface area contributed by atoms with Gasteiger partial charge >= 0.3 is 0 Å². The minimum absolute atomic E-state index is 0.0219. The third-order valence-corrected chi connectivity index (χ3v) is 17.3. The van der Waals surface area contributed by atoms with E-state index in [1.807, 2.05) is 101 Å². The summed E-state index contributed by atoms with van der Waals surface area (Å²) in [6, 6.07) is 31.6. The Hall–Kier alpha value is -5.34. The summed E-state index contributed by atoms with van der Waals surface area (Å²) in [6.45, 7) is 8.54. The second-order valence-corrected chi connectivity index (χ2v) is 21.3. The van der Waals surface area contributed by atoms with Gasteiger partial charge < -0.3 is 34.9 Å². The third-order valence-electron chi connectivity index (χ3n) is 12.9. The molecule has 1 unspecified atom stereocenters. The Kier molecular flexibility index (Phi) is 11.5. The van der Waals surface area contributed by atoms with Crippen molar-refractivity contribution in [2.45, 2.75) is 81.6 Å². The number of nitrogens with one attached hydrogen (secondary N) is 2. The van der Waals surface area contributed by atoms with Crippen LogP contribution in [0.3, 0.4) is 0 Å². The molecular weight excluding hydrogens is 761 g/mol. The molecule has 12 nitrogen and oxygen atoms in total. The number of benzene rings is 4. The maximum atomic E-state index is 15.4. The number of aryl methyl sites for hydroxylation is 1. The first kappa shape index (κ1) is 40.4. The third kappa shape index (κ3) is 7.56. The quantitative estimate of drug-likeness (QED) is 0.116. The van der Waals surface area contributed by atoms with Crippen LogP contribution in [0.4, 0.5) is 11.4 Å². The highest BCUT2D eigenvalue weighted by Crippen LogP contribution is 2.60. The van der Waals surface area contributed by atoms with E-state index in [0.717, 1.165) is 53.2 Å². The van der Waals surface area contributed by atoms with Crippen molar-refractivity contribution >= 4 is 36.4 Å². The molecule has 1 spiro atoms. The van der Waals surface area contributed by atoms with Crippen molar-refractivity contribution in [3.63, 3.8) is 0 Å². The second-order valence-electron chi connectivity index (χ2n) is 16.6. The number of aliphatic hydroxyl groups excluding tert-OH is 1. The average molecular weight is 815 g/mol. The summed E-state index contributed by atoms with van der Waals surface area (Å²) in [5.74, 6) is 0.834. The van der Waals surface area contributed by atoms with Gasteiger partial charge in [0.25, 0.3) is 5.91 Å². The molecule has 0 aliphatic carbocycles. The Morgan fingerprint density at radius 2 is 1.75 bits per heavy atom. The topological polar surface area (TPSA) is 140 Å². The summed E-state index contributed by atoms with van der Waals surface area (Å²) in [5.41, 5.74) is 3.69. The molecular formula is C46H54N6O6Si. The lowest BCUT2D eigenvalue weighted by molar-refractivity contribution is -0.146. The van der Waals surface area contributed by atoms with Crippen LogP contribution in [-0.4, -0.2) is 79.5 Å². The van der Waals surface area contributed by atoms with Crippen LogP contribution in [0.2, 0.25) is 18.6 Å². The number of ether oxygens (including phenoxy) is 3. The van der Waals surface area contributed by atoms with Gasteiger partial charge in [-0.3, -0.25) is 14.3 Å². The van der Waals surface area contributed by atoms with Crippen molar-refractivity contribution in [3.8, 4) is 11.5 Å². The highest BCUT2D eigenvalue weighted by Gasteiger charge is 2.66. The lowest BCUT2D eigenvalue weighted by atomic mass is 9.82. The molecule has 0 bridgehead atoms. The lowest BCUT2D eigenvalue weighted by Crippen LogP contribution is -2.51. The summed E-state index contributed by atoms with van der Waals surface area (Å²) < 4.78 is 20.5. The number of carbonyl (C=O) groups is 2. The zero-order valence-electron chi connectivity index (χ0n) is 34.4. The van der Waals surface area contributed by atoms with E-state index in [1.54, 1.807) is 14.2 Å². The molecule has 308 valence electrons. The fourth-order valence-corrected chi connectivity index (χ4v) is 13.8. The Morgan fingerprint density at radius 1 is 1.02 bits per heavy atom. The van der Waals surface area contributed by atoms with Crippen molar-refractivity contribution in [2.75, 3.05) is 37.6 Å². The number of fused-ring (bicyclic) bond motifs is 2. The molecule has 4 aromatic carbocycles. The molecule has 2 fully saturated rings. The van der Waals surface area contributed by atoms with E-state index in [0.29, 0.717) is 31.0 Å². The van der Waals surface area contributed by atoms with E-state index in [9.17, 15) is 9.90 Å². The van der Waals surface area contributed by atoms with Crippen molar-refractivity contribution in [1.29, 1.82) is 0 Å². The van der Waals surface area contributed by atoms with Crippen LogP contribution < -0.4 is 30.2 Å². The summed E-state index contributed by atoms with van der Waals surface area (Å²) in [5, 5.41) is 26.8. The summed E-state index contributed by atoms with van der Waals surface area (Å²) >= 11 is 0. The number of carbonyl (C=O) groups excluding carboxylic acids is 2. The summed E-state index contributed by atoms with van der Waals surface area (Å²) in [4.78, 5) is 30.0. The summed E-state index contributed by atoms with van der Waals surface area (Å²) in [6.07, 6.45) is 4.02. The standard InChI is InChI=1S/C46H54N6O6Si/c1-30-43(59(4,5)36-20-17-34(56-2)18-21-36)42(23-25-51-28-40(49-50-51)37(29-53)32-10-7-6-8-11-32)58-46(30)38-26-35(57-3)19-22-41(38)52(45(46)55)27-31-13-15-33(16-14-31)48-44(54)39-12-9-24-47-39/h6-8,10-11,13-22,26,28,30,37,39,42-43,47,53H,9,12,23-25,27,29H2,1-5H3,(H,48,54)/t30-,37?,39-,42+,43-,46+/m1/s1. The van der Waals surface area contributed by atoms with Gasteiger partial charge in [-0.1, -0.05) is 85.0 Å². The van der Waals surface area contributed by atoms with Crippen molar-refractivity contribution < 1.29 is 28.9 Å². The molecule has 5 aromatic rings. The predicted octanol–water partition coefficient (Wildman–Crippen LogP) is 5.96. The van der Waals surface area contributed by atoms with Crippen LogP contribution >= 0.6 is 0 Å². The number of anilines is 2. The molecule has 4 heterocycles. The molecule has 8 rings (SSSR count). The molecule has 0 radical (unpaired) electrons. The Balaban J connectivity index is 1.11. The number of aliphatic hydroxyl groups is 1. The van der Waals surface area contributed by atoms with E-state index in [-0.39, 0.29) is 47.9 Å². The Labute approximate surface area is 346 Å². The molecule has 3 N–H and O–H groups in total. The number of rotatable bonds is 14. The van der Waals surface area contributed by atoms with Gasteiger partial charge in [0, 0.05) is 29.9 Å². The molecule has 6 atom stereocenters. The molecule has 1 aromatic heterocycles. The minimum atomic E-state index is -2.40. The first-order valence-corrected chi connectivity index (χ1v) is 23.7. The van der Waals surface area contributed by atoms with Crippen LogP contribution in [0, 0.1) is 5.92 Å². The van der Waals surface area contributed by atoms with Gasteiger partial charge in [0.05, 0.1) is 64.9 Å². The van der Waals surface area contributed by atoms with Crippen LogP contribution in [-0.2, 0) is 33.0 Å². The Bertz CT molecular complexity index is 2260. The zero-order valence-corrected chi connectivity index (χ0v) is 35.4. The van der Waals surface area contributed by atoms with Gasteiger partial charge in [-0.15, -0.1) is 5.10 Å². The molecule has 3 aliphatic rings. The summed E-state index contributed by atoms with van der Waals surface area (Å²) in [7, 11) is 0.913. The van der Waals surface area contributed by atoms with E-state index >= 15 is 4.79 Å². The first-order valence-electron chi connectivity index (χ1n) is 20.6. The van der Waals surface area contributed by atoms with Crippen molar-refractivity contribution in [1.82, 2.24) is 20.3 Å². The highest BCUT2D eigenvalue weighted by molar-refractivity contribution is 6.91. The SMILES string of the molecule is COc1ccc([Si](C)(C)[C@H]2[C@H](CCn3cc(C(CO)c4ccccc4)nn3)O[C@@]3(C(=O)N(Cc4ccc(NC(=O)[C@H]5CCCN5)cc4)c4ccc(OC)cc43)[C@@H]2C)cc1. The number of aromatic nitrogens is 3. The van der Waals surface area contributed by atoms with Crippen LogP contribution in [0.15, 0.2) is 103 Å². The molecule has 2 amide bonds.